The predicted octanol–water partition coefficient (Wildman–Crippen LogP) is 3.17. The maximum Gasteiger partial charge on any atom is 0.256 e. The number of carbonyl (C=O) groups excluding carboxylic acids is 1. The maximum atomic E-state index is 13.6. The summed E-state index contributed by atoms with van der Waals surface area (Å²) in [6.45, 7) is 0.843. The van der Waals surface area contributed by atoms with Gasteiger partial charge in [-0.3, -0.25) is 4.79 Å². The summed E-state index contributed by atoms with van der Waals surface area (Å²) in [6, 6.07) is 18.3. The van der Waals surface area contributed by atoms with Crippen molar-refractivity contribution in [3.63, 3.8) is 0 Å². The molecule has 1 amide bonds. The Hall–Kier alpha value is -1.88. The van der Waals surface area contributed by atoms with Gasteiger partial charge in [0.2, 0.25) is 0 Å². The minimum absolute atomic E-state index is 0. The van der Waals surface area contributed by atoms with Crippen molar-refractivity contribution in [2.24, 2.45) is 0 Å². The van der Waals surface area contributed by atoms with E-state index in [0.717, 1.165) is 29.8 Å². The molecule has 134 valence electrons. The van der Waals surface area contributed by atoms with Crippen LogP contribution in [0.4, 0.5) is 5.69 Å². The molecule has 3 rings (SSSR count). The van der Waals surface area contributed by atoms with E-state index in [1.54, 1.807) is 5.01 Å². The molecule has 2 aromatic rings. The molecule has 0 aliphatic carbocycles. The number of rotatable bonds is 5. The van der Waals surface area contributed by atoms with E-state index in [9.17, 15) is 4.79 Å². The fourth-order valence-electron chi connectivity index (χ4n) is 3.60. The minimum Gasteiger partial charge on any atom is -0.309 e. The van der Waals surface area contributed by atoms with Gasteiger partial charge in [-0.05, 0) is 44.3 Å². The smallest absolute Gasteiger partial charge is 0.256 e. The Labute approximate surface area is 156 Å². The summed E-state index contributed by atoms with van der Waals surface area (Å²) in [4.78, 5) is 15.7. The highest BCUT2D eigenvalue weighted by Crippen LogP contribution is 2.48. The van der Waals surface area contributed by atoms with Crippen LogP contribution in [0.1, 0.15) is 17.5 Å². The molecule has 4 nitrogen and oxygen atoms in total. The first-order valence-corrected chi connectivity index (χ1v) is 8.30. The third kappa shape index (κ3) is 3.17. The van der Waals surface area contributed by atoms with E-state index < -0.39 is 5.41 Å². The van der Waals surface area contributed by atoms with Crippen molar-refractivity contribution in [3.8, 4) is 0 Å². The SMILES string of the molecule is CN(C)CCC1(c2ccccc2)C(=O)N(N(C)C)c2ccccc21.Cl. The van der Waals surface area contributed by atoms with Crippen LogP contribution in [0.5, 0.6) is 0 Å². The quantitative estimate of drug-likeness (QED) is 0.820. The summed E-state index contributed by atoms with van der Waals surface area (Å²) in [7, 11) is 7.94. The van der Waals surface area contributed by atoms with Crippen molar-refractivity contribution in [2.75, 3.05) is 39.7 Å². The molecule has 0 spiro atoms. The first-order valence-electron chi connectivity index (χ1n) is 8.30. The highest BCUT2D eigenvalue weighted by molar-refractivity contribution is 6.09. The molecular formula is C20H26ClN3O. The number of anilines is 1. The Morgan fingerprint density at radius 1 is 0.920 bits per heavy atom. The molecule has 2 aromatic carbocycles. The molecule has 5 heteroatoms. The Kier molecular flexibility index (Phi) is 5.88. The zero-order valence-corrected chi connectivity index (χ0v) is 16.1. The Bertz CT molecular complexity index is 733. The van der Waals surface area contributed by atoms with Crippen LogP contribution in [0.3, 0.4) is 0 Å². The van der Waals surface area contributed by atoms with Gasteiger partial charge in [-0.2, -0.15) is 0 Å². The summed E-state index contributed by atoms with van der Waals surface area (Å²) in [6.07, 6.45) is 0.754. The van der Waals surface area contributed by atoms with Crippen LogP contribution in [-0.4, -0.2) is 50.6 Å². The second-order valence-corrected chi connectivity index (χ2v) is 6.81. The second-order valence-electron chi connectivity index (χ2n) is 6.81. The molecule has 1 aliphatic heterocycles. The average Bonchev–Trinajstić information content (AvgIpc) is 2.83. The van der Waals surface area contributed by atoms with Crippen LogP contribution in [0.25, 0.3) is 0 Å². The van der Waals surface area contributed by atoms with Crippen molar-refractivity contribution >= 4 is 24.0 Å². The number of fused-ring (bicyclic) bond motifs is 1. The number of nitrogens with zero attached hydrogens (tertiary/aromatic N) is 3. The molecule has 1 atom stereocenters. The molecule has 0 radical (unpaired) electrons. The van der Waals surface area contributed by atoms with E-state index in [-0.39, 0.29) is 18.3 Å². The van der Waals surface area contributed by atoms with Crippen molar-refractivity contribution in [2.45, 2.75) is 11.8 Å². The topological polar surface area (TPSA) is 26.8 Å². The summed E-state index contributed by atoms with van der Waals surface area (Å²) >= 11 is 0. The summed E-state index contributed by atoms with van der Waals surface area (Å²) in [5.74, 6) is 0.127. The van der Waals surface area contributed by atoms with Crippen LogP contribution in [0.2, 0.25) is 0 Å². The number of hydrazine groups is 1. The average molecular weight is 360 g/mol. The molecule has 25 heavy (non-hydrogen) atoms. The van der Waals surface area contributed by atoms with E-state index in [2.05, 4.69) is 23.1 Å². The molecule has 1 unspecified atom stereocenters. The number of para-hydroxylation sites is 1. The van der Waals surface area contributed by atoms with Gasteiger partial charge in [0.05, 0.1) is 5.69 Å². The van der Waals surface area contributed by atoms with E-state index in [4.69, 9.17) is 0 Å². The number of benzene rings is 2. The number of hydrogen-bond donors (Lipinski definition) is 0. The van der Waals surface area contributed by atoms with Gasteiger partial charge in [0.15, 0.2) is 0 Å². The Morgan fingerprint density at radius 2 is 1.52 bits per heavy atom. The van der Waals surface area contributed by atoms with Crippen LogP contribution < -0.4 is 5.01 Å². The van der Waals surface area contributed by atoms with Gasteiger partial charge < -0.3 is 4.90 Å². The molecule has 1 aliphatic rings. The van der Waals surface area contributed by atoms with Gasteiger partial charge in [-0.25, -0.2) is 10.0 Å². The second kappa shape index (κ2) is 7.56. The van der Waals surface area contributed by atoms with E-state index in [1.807, 2.05) is 69.6 Å². The number of hydrogen-bond acceptors (Lipinski definition) is 3. The lowest BCUT2D eigenvalue weighted by Gasteiger charge is -2.32. The molecule has 1 heterocycles. The molecule has 0 aromatic heterocycles. The van der Waals surface area contributed by atoms with Crippen molar-refractivity contribution in [1.29, 1.82) is 0 Å². The molecule has 0 fully saturated rings. The lowest BCUT2D eigenvalue weighted by Crippen LogP contribution is -2.48. The zero-order chi connectivity index (χ0) is 17.3. The number of halogens is 1. The highest BCUT2D eigenvalue weighted by Gasteiger charge is 2.52. The lowest BCUT2D eigenvalue weighted by molar-refractivity contribution is -0.124. The lowest BCUT2D eigenvalue weighted by atomic mass is 9.73. The minimum atomic E-state index is -0.633. The van der Waals surface area contributed by atoms with Crippen LogP contribution in [0, 0.1) is 0 Å². The largest absolute Gasteiger partial charge is 0.309 e. The van der Waals surface area contributed by atoms with Gasteiger partial charge in [-0.1, -0.05) is 48.5 Å². The van der Waals surface area contributed by atoms with Crippen molar-refractivity contribution < 1.29 is 4.79 Å². The Morgan fingerprint density at radius 3 is 2.12 bits per heavy atom. The predicted molar refractivity (Wildman–Crippen MR) is 105 cm³/mol. The number of carbonyl (C=O) groups is 1. The fourth-order valence-corrected chi connectivity index (χ4v) is 3.60. The van der Waals surface area contributed by atoms with Gasteiger partial charge in [-0.15, -0.1) is 12.4 Å². The van der Waals surface area contributed by atoms with Gasteiger partial charge in [0, 0.05) is 14.1 Å². The molecule has 0 saturated heterocycles. The van der Waals surface area contributed by atoms with Gasteiger partial charge in [0.1, 0.15) is 5.41 Å². The van der Waals surface area contributed by atoms with E-state index in [1.165, 1.54) is 0 Å². The van der Waals surface area contributed by atoms with Crippen LogP contribution >= 0.6 is 12.4 Å². The van der Waals surface area contributed by atoms with E-state index in [0.29, 0.717) is 0 Å². The van der Waals surface area contributed by atoms with Gasteiger partial charge in [0.25, 0.3) is 5.91 Å². The molecule has 0 N–H and O–H groups in total. The first-order chi connectivity index (χ1) is 11.5. The zero-order valence-electron chi connectivity index (χ0n) is 15.3. The summed E-state index contributed by atoms with van der Waals surface area (Å²) in [5, 5.41) is 3.68. The molecule has 0 saturated carbocycles. The van der Waals surface area contributed by atoms with Crippen LogP contribution in [0.15, 0.2) is 54.6 Å². The molecule has 0 bridgehead atoms. The standard InChI is InChI=1S/C20H25N3O.ClH/c1-21(2)15-14-20(16-10-6-5-7-11-16)17-12-8-9-13-18(17)23(19(20)24)22(3)4;/h5-13H,14-15H2,1-4H3;1H. The number of amides is 1. The van der Waals surface area contributed by atoms with E-state index >= 15 is 0 Å². The third-order valence-corrected chi connectivity index (χ3v) is 4.75. The molecular weight excluding hydrogens is 334 g/mol. The summed E-state index contributed by atoms with van der Waals surface area (Å²) in [5.41, 5.74) is 2.51. The Balaban J connectivity index is 0.00000225. The fraction of sp³-hybridized carbons (Fsp3) is 0.350. The maximum absolute atomic E-state index is 13.6. The van der Waals surface area contributed by atoms with Gasteiger partial charge >= 0.3 is 0 Å². The van der Waals surface area contributed by atoms with Crippen molar-refractivity contribution in [3.05, 3.63) is 65.7 Å². The highest BCUT2D eigenvalue weighted by atomic mass is 35.5. The normalized spacial score (nSPS) is 19.3. The van der Waals surface area contributed by atoms with Crippen LogP contribution in [-0.2, 0) is 10.2 Å². The summed E-state index contributed by atoms with van der Waals surface area (Å²) < 4.78 is 0. The van der Waals surface area contributed by atoms with Crippen molar-refractivity contribution in [1.82, 2.24) is 9.91 Å². The first kappa shape index (κ1) is 19.4. The third-order valence-electron chi connectivity index (χ3n) is 4.75. The monoisotopic (exact) mass is 359 g/mol.